The molecule has 4 aliphatic carbocycles. The molecule has 4 aliphatic rings. The predicted octanol–water partition coefficient (Wildman–Crippen LogP) is 6.69. The number of nitrogens with zero attached hydrogens (tertiary/aromatic N) is 4. The summed E-state index contributed by atoms with van der Waals surface area (Å²) in [5.41, 5.74) is 4.85. The zero-order chi connectivity index (χ0) is 25.6. The van der Waals surface area contributed by atoms with E-state index in [-0.39, 0.29) is 11.7 Å². The second kappa shape index (κ2) is 10.0. The number of nitrogens with one attached hydrogen (secondary N) is 1. The van der Waals surface area contributed by atoms with Gasteiger partial charge in [-0.05, 0) is 92.7 Å². The second-order valence-electron chi connectivity index (χ2n) is 11.6. The smallest absolute Gasteiger partial charge is 0.236 e. The van der Waals surface area contributed by atoms with Crippen LogP contribution >= 0.6 is 23.1 Å². The average molecular weight is 534 g/mol. The van der Waals surface area contributed by atoms with Gasteiger partial charge in [-0.15, -0.1) is 28.1 Å². The average Bonchev–Trinajstić information content (AvgIpc) is 3.46. The first-order valence-corrected chi connectivity index (χ1v) is 15.2. The van der Waals surface area contributed by atoms with E-state index >= 15 is 0 Å². The third-order valence-electron chi connectivity index (χ3n) is 8.69. The Hall–Kier alpha value is -2.45. The van der Waals surface area contributed by atoms with Crippen molar-refractivity contribution in [3.8, 4) is 11.3 Å². The molecule has 2 aromatic heterocycles. The Bertz CT molecular complexity index is 1290. The Morgan fingerprint density at radius 2 is 1.89 bits per heavy atom. The lowest BCUT2D eigenvalue weighted by Crippen LogP contribution is -2.47. The van der Waals surface area contributed by atoms with Crippen molar-refractivity contribution in [2.45, 2.75) is 70.5 Å². The third kappa shape index (κ3) is 5.15. The topological polar surface area (TPSA) is 72.7 Å². The van der Waals surface area contributed by atoms with E-state index in [0.717, 1.165) is 46.4 Å². The van der Waals surface area contributed by atoms with Gasteiger partial charge in [0.05, 0.1) is 11.4 Å². The number of rotatable bonds is 9. The molecule has 0 saturated heterocycles. The van der Waals surface area contributed by atoms with Gasteiger partial charge < -0.3 is 9.88 Å². The molecular weight excluding hydrogens is 498 g/mol. The molecule has 4 fully saturated rings. The van der Waals surface area contributed by atoms with Gasteiger partial charge >= 0.3 is 0 Å². The number of amides is 1. The Morgan fingerprint density at radius 3 is 2.57 bits per heavy atom. The number of anilines is 1. The quantitative estimate of drug-likeness (QED) is 0.245. The van der Waals surface area contributed by atoms with Crippen LogP contribution in [-0.4, -0.2) is 31.4 Å². The van der Waals surface area contributed by atoms with Gasteiger partial charge in [0.15, 0.2) is 10.3 Å². The first-order chi connectivity index (χ1) is 17.9. The molecule has 0 unspecified atom stereocenters. The fourth-order valence-corrected chi connectivity index (χ4v) is 8.86. The van der Waals surface area contributed by atoms with Crippen LogP contribution in [-0.2, 0) is 17.8 Å². The summed E-state index contributed by atoms with van der Waals surface area (Å²) in [5, 5.41) is 15.5. The van der Waals surface area contributed by atoms with E-state index in [2.05, 4.69) is 63.7 Å². The summed E-state index contributed by atoms with van der Waals surface area (Å²) in [4.78, 5) is 17.4. The van der Waals surface area contributed by atoms with E-state index in [1.165, 1.54) is 72.8 Å². The SMILES string of the molecule is C=CCn1c(CC23CC4CC(CC(C4)C2)C3)nnc1SCC(=O)Nc1nc(-c2ccc(C)c(C)c2)cs1. The largest absolute Gasteiger partial charge is 0.302 e. The van der Waals surface area contributed by atoms with E-state index in [9.17, 15) is 4.79 Å². The van der Waals surface area contributed by atoms with Crippen molar-refractivity contribution in [3.63, 3.8) is 0 Å². The summed E-state index contributed by atoms with van der Waals surface area (Å²) < 4.78 is 2.17. The number of hydrogen-bond donors (Lipinski definition) is 1. The lowest BCUT2D eigenvalue weighted by Gasteiger charge is -2.56. The van der Waals surface area contributed by atoms with Gasteiger partial charge in [-0.1, -0.05) is 30.0 Å². The standard InChI is InChI=1S/C29H35N5OS2/c1-4-7-34-25(15-29-12-20-9-21(13-29)11-22(10-20)14-29)32-33-28(34)37-17-26(35)31-27-30-24(16-36-27)23-6-5-18(2)19(3)8-23/h4-6,8,16,20-22H,1,7,9-15,17H2,2-3H3,(H,30,31,35). The van der Waals surface area contributed by atoms with Crippen molar-refractivity contribution < 1.29 is 4.79 Å². The molecule has 1 N–H and O–H groups in total. The second-order valence-corrected chi connectivity index (χ2v) is 13.4. The highest BCUT2D eigenvalue weighted by molar-refractivity contribution is 7.99. The molecule has 194 valence electrons. The molecular formula is C29H35N5OS2. The number of aryl methyl sites for hydroxylation is 2. The van der Waals surface area contributed by atoms with Crippen molar-refractivity contribution in [3.05, 3.63) is 53.2 Å². The highest BCUT2D eigenvalue weighted by Crippen LogP contribution is 2.61. The third-order valence-corrected chi connectivity index (χ3v) is 10.4. The molecule has 8 heteroatoms. The molecule has 4 saturated carbocycles. The summed E-state index contributed by atoms with van der Waals surface area (Å²) in [6, 6.07) is 6.32. The summed E-state index contributed by atoms with van der Waals surface area (Å²) in [6.45, 7) is 8.84. The Morgan fingerprint density at radius 1 is 1.16 bits per heavy atom. The van der Waals surface area contributed by atoms with Crippen LogP contribution in [0.5, 0.6) is 0 Å². The molecule has 1 amide bonds. The minimum Gasteiger partial charge on any atom is -0.302 e. The van der Waals surface area contributed by atoms with E-state index in [4.69, 9.17) is 0 Å². The van der Waals surface area contributed by atoms with Gasteiger partial charge in [-0.2, -0.15) is 0 Å². The first-order valence-electron chi connectivity index (χ1n) is 13.4. The molecule has 2 heterocycles. The Balaban J connectivity index is 1.09. The maximum absolute atomic E-state index is 12.8. The van der Waals surface area contributed by atoms with E-state index in [0.29, 0.717) is 17.1 Å². The molecule has 4 bridgehead atoms. The number of carbonyl (C=O) groups is 1. The van der Waals surface area contributed by atoms with Gasteiger partial charge in [0.1, 0.15) is 5.82 Å². The maximum Gasteiger partial charge on any atom is 0.236 e. The van der Waals surface area contributed by atoms with Gasteiger partial charge in [0, 0.05) is 23.9 Å². The summed E-state index contributed by atoms with van der Waals surface area (Å²) in [6.07, 6.45) is 11.3. The molecule has 0 spiro atoms. The summed E-state index contributed by atoms with van der Waals surface area (Å²) >= 11 is 2.89. The Kier molecular flexibility index (Phi) is 6.74. The van der Waals surface area contributed by atoms with Crippen LogP contribution in [0.4, 0.5) is 5.13 Å². The molecule has 6 nitrogen and oxygen atoms in total. The van der Waals surface area contributed by atoms with Crippen LogP contribution in [0.2, 0.25) is 0 Å². The van der Waals surface area contributed by atoms with Crippen LogP contribution in [0, 0.1) is 37.0 Å². The van der Waals surface area contributed by atoms with Crippen molar-refractivity contribution in [2.75, 3.05) is 11.1 Å². The van der Waals surface area contributed by atoms with Gasteiger partial charge in [-0.3, -0.25) is 4.79 Å². The maximum atomic E-state index is 12.8. The van der Waals surface area contributed by atoms with E-state index in [1.54, 1.807) is 0 Å². The van der Waals surface area contributed by atoms with Crippen molar-refractivity contribution in [2.24, 2.45) is 23.2 Å². The highest BCUT2D eigenvalue weighted by atomic mass is 32.2. The number of thiazole rings is 1. The van der Waals surface area contributed by atoms with Gasteiger partial charge in [-0.25, -0.2) is 4.98 Å². The number of aromatic nitrogens is 4. The normalized spacial score (nSPS) is 25.9. The van der Waals surface area contributed by atoms with Crippen LogP contribution in [0.15, 0.2) is 41.4 Å². The first kappa shape index (κ1) is 24.9. The molecule has 37 heavy (non-hydrogen) atoms. The molecule has 7 rings (SSSR count). The van der Waals surface area contributed by atoms with Crippen LogP contribution in [0.1, 0.15) is 55.5 Å². The number of carbonyl (C=O) groups excluding carboxylic acids is 1. The molecule has 3 aromatic rings. The lowest BCUT2D eigenvalue weighted by atomic mass is 9.49. The summed E-state index contributed by atoms with van der Waals surface area (Å²) in [7, 11) is 0. The van der Waals surface area contributed by atoms with E-state index in [1.807, 2.05) is 11.5 Å². The van der Waals surface area contributed by atoms with Gasteiger partial charge in [0.2, 0.25) is 5.91 Å². The summed E-state index contributed by atoms with van der Waals surface area (Å²) in [5.74, 6) is 4.00. The Labute approximate surface area is 227 Å². The lowest BCUT2D eigenvalue weighted by molar-refractivity contribution is -0.113. The fourth-order valence-electron chi connectivity index (χ4n) is 7.36. The molecule has 0 atom stereocenters. The van der Waals surface area contributed by atoms with Crippen molar-refractivity contribution in [1.82, 2.24) is 19.7 Å². The minimum atomic E-state index is -0.0817. The number of hydrogen-bond acceptors (Lipinski definition) is 6. The fraction of sp³-hybridized carbons (Fsp3) is 0.517. The van der Waals surface area contributed by atoms with Crippen LogP contribution < -0.4 is 5.32 Å². The number of allylic oxidation sites excluding steroid dienone is 1. The van der Waals surface area contributed by atoms with E-state index < -0.39 is 0 Å². The van der Waals surface area contributed by atoms with Crippen molar-refractivity contribution in [1.29, 1.82) is 0 Å². The molecule has 1 aromatic carbocycles. The monoisotopic (exact) mass is 533 g/mol. The van der Waals surface area contributed by atoms with Crippen molar-refractivity contribution >= 4 is 34.1 Å². The number of benzene rings is 1. The number of thioether (sulfide) groups is 1. The molecule has 0 aliphatic heterocycles. The van der Waals surface area contributed by atoms with Crippen LogP contribution in [0.3, 0.4) is 0 Å². The molecule has 0 radical (unpaired) electrons. The highest BCUT2D eigenvalue weighted by Gasteiger charge is 2.51. The zero-order valence-corrected chi connectivity index (χ0v) is 23.3. The zero-order valence-electron chi connectivity index (χ0n) is 21.7. The minimum absolute atomic E-state index is 0.0817. The predicted molar refractivity (Wildman–Crippen MR) is 151 cm³/mol. The van der Waals surface area contributed by atoms with Gasteiger partial charge in [0.25, 0.3) is 0 Å². The van der Waals surface area contributed by atoms with Crippen LogP contribution in [0.25, 0.3) is 11.3 Å².